The van der Waals surface area contributed by atoms with Gasteiger partial charge in [-0.15, -0.1) is 33.2 Å². The number of ether oxygens (including phenoxy) is 1. The Bertz CT molecular complexity index is 705. The number of rotatable bonds is 6. The molecule has 33 heavy (non-hydrogen) atoms. The molecule has 0 radical (unpaired) electrons. The normalized spacial score (nSPS) is 11.3. The van der Waals surface area contributed by atoms with Crippen LogP contribution >= 0.6 is 58.8 Å². The zero-order valence-electron chi connectivity index (χ0n) is 19.3. The van der Waals surface area contributed by atoms with Gasteiger partial charge in [0.05, 0.1) is 6.92 Å². The van der Waals surface area contributed by atoms with E-state index >= 15 is 0 Å². The zero-order valence-corrected chi connectivity index (χ0v) is 29.3. The molecule has 2 aromatic rings. The van der Waals surface area contributed by atoms with E-state index in [0.717, 1.165) is 10.4 Å². The molecule has 2 aromatic carbocycles. The van der Waals surface area contributed by atoms with E-state index in [1.54, 1.807) is 28.4 Å². The number of halogens is 6. The van der Waals surface area contributed by atoms with Gasteiger partial charge in [-0.2, -0.15) is 0 Å². The summed E-state index contributed by atoms with van der Waals surface area (Å²) in [6.45, 7) is 7.49. The summed E-state index contributed by atoms with van der Waals surface area (Å²) >= 11 is 15.0. The van der Waals surface area contributed by atoms with Crippen molar-refractivity contribution in [2.75, 3.05) is 28.4 Å². The molecule has 0 amide bonds. The molecule has 13 heteroatoms. The molecule has 0 heterocycles. The van der Waals surface area contributed by atoms with Crippen LogP contribution in [0.3, 0.4) is 0 Å². The molecule has 0 aromatic heterocycles. The van der Waals surface area contributed by atoms with E-state index in [4.69, 9.17) is 76.8 Å². The summed E-state index contributed by atoms with van der Waals surface area (Å²) in [7, 11) is 18.9. The van der Waals surface area contributed by atoms with Crippen molar-refractivity contribution in [1.82, 2.24) is 0 Å². The van der Waals surface area contributed by atoms with Crippen LogP contribution in [0.2, 0.25) is 0 Å². The second-order valence-corrected chi connectivity index (χ2v) is 32.8. The Morgan fingerprint density at radius 3 is 1.15 bits per heavy atom. The number of hydrogen-bond acceptors (Lipinski definition) is 4. The molecule has 0 N–H and O–H groups in total. The molecule has 4 nitrogen and oxygen atoms in total. The predicted octanol–water partition coefficient (Wildman–Crippen LogP) is 6.25. The molecule has 0 atom stereocenters. The van der Waals surface area contributed by atoms with Crippen LogP contribution in [-0.2, 0) is 18.0 Å². The third-order valence-electron chi connectivity index (χ3n) is 3.59. The van der Waals surface area contributed by atoms with Crippen LogP contribution in [0, 0.1) is 6.92 Å². The van der Waals surface area contributed by atoms with E-state index < -0.39 is 33.0 Å². The predicted molar refractivity (Wildman–Crippen MR) is 152 cm³/mol. The van der Waals surface area contributed by atoms with Gasteiger partial charge in [0.25, 0.3) is 0 Å². The maximum atomic E-state index is 5.73. The average Bonchev–Trinajstić information content (AvgIpc) is 2.76. The van der Waals surface area contributed by atoms with Gasteiger partial charge in [0.1, 0.15) is 0 Å². The molecule has 0 bridgehead atoms. The van der Waals surface area contributed by atoms with Crippen molar-refractivity contribution >= 4 is 102 Å². The first-order valence-electron chi connectivity index (χ1n) is 9.20. The average molecular weight is 812 g/mol. The molecule has 0 spiro atoms. The summed E-state index contributed by atoms with van der Waals surface area (Å²) in [6.07, 6.45) is 0. The van der Waals surface area contributed by atoms with Crippen molar-refractivity contribution < 1.29 is 18.0 Å². The topological polar surface area (TPSA) is 36.9 Å². The molecule has 0 aliphatic rings. The Kier molecular flexibility index (Phi) is 21.3. The zero-order chi connectivity index (χ0) is 26.1. The molecule has 0 fully saturated rings. The van der Waals surface area contributed by atoms with Crippen LogP contribution in [-0.4, -0.2) is 67.0 Å². The molecule has 0 aliphatic carbocycles. The Hall–Kier alpha value is 1.21. The van der Waals surface area contributed by atoms with E-state index in [1.807, 2.05) is 74.5 Å². The van der Waals surface area contributed by atoms with Gasteiger partial charge in [-0.05, 0) is 5.19 Å². The van der Waals surface area contributed by atoms with Gasteiger partial charge in [-0.1, -0.05) is 60.7 Å². The second-order valence-electron chi connectivity index (χ2n) is 6.55. The van der Waals surface area contributed by atoms with Crippen molar-refractivity contribution in [1.29, 1.82) is 0 Å². The van der Waals surface area contributed by atoms with Crippen molar-refractivity contribution in [2.45, 2.75) is 19.4 Å². The fourth-order valence-corrected chi connectivity index (χ4v) is 5.39. The summed E-state index contributed by atoms with van der Waals surface area (Å²) in [5, 5.41) is 1.81. The summed E-state index contributed by atoms with van der Waals surface area (Å²) in [5.74, 6) is 0. The van der Waals surface area contributed by atoms with Crippen LogP contribution in [0.25, 0.3) is 0 Å². The SMILES string of the molecule is CO[Si](OC)(OC)c1ccccc1.Cl[Si](Cl)(Cl)c1ccccc1.[CH2+]C(C)(C)OC.[Cl][Bi]([Cl])[Cl]. The Morgan fingerprint density at radius 1 is 0.697 bits per heavy atom. The third kappa shape index (κ3) is 19.0. The Balaban J connectivity index is 0. The van der Waals surface area contributed by atoms with Crippen LogP contribution in [0.4, 0.5) is 0 Å². The summed E-state index contributed by atoms with van der Waals surface area (Å²) in [4.78, 5) is 0. The Labute approximate surface area is 233 Å². The first kappa shape index (κ1) is 36.4. The van der Waals surface area contributed by atoms with E-state index in [2.05, 4.69) is 6.92 Å². The number of methoxy groups -OCH3 is 1. The minimum absolute atomic E-state index is 0.208. The van der Waals surface area contributed by atoms with Gasteiger partial charge >= 0.3 is 58.5 Å². The Morgan fingerprint density at radius 2 is 0.970 bits per heavy atom. The van der Waals surface area contributed by atoms with Gasteiger partial charge in [0, 0.05) is 47.5 Å². The van der Waals surface area contributed by atoms with Crippen LogP contribution in [0.15, 0.2) is 60.7 Å². The van der Waals surface area contributed by atoms with E-state index in [0.29, 0.717) is 0 Å². The van der Waals surface area contributed by atoms with Gasteiger partial charge in [-0.3, -0.25) is 0 Å². The fourth-order valence-electron chi connectivity index (χ4n) is 1.87. The van der Waals surface area contributed by atoms with E-state index in [9.17, 15) is 0 Å². The van der Waals surface area contributed by atoms with Gasteiger partial charge in [-0.25, -0.2) is 0 Å². The van der Waals surface area contributed by atoms with Gasteiger partial charge in [0.15, 0.2) is 5.60 Å². The molecule has 0 aliphatic heterocycles. The third-order valence-corrected chi connectivity index (χ3v) is 9.19. The van der Waals surface area contributed by atoms with Crippen LogP contribution < -0.4 is 10.4 Å². The summed E-state index contributed by atoms with van der Waals surface area (Å²) in [5.41, 5.74) is -0.208. The molecule has 0 saturated carbocycles. The first-order valence-corrected chi connectivity index (χ1v) is 28.8. The molecular formula is C20H30BiCl6O4Si2+. The molecule has 0 saturated heterocycles. The van der Waals surface area contributed by atoms with Crippen molar-refractivity contribution in [3.63, 3.8) is 0 Å². The molecular weight excluding hydrogens is 782 g/mol. The monoisotopic (exact) mass is 809 g/mol. The number of hydrogen-bond donors (Lipinski definition) is 0. The van der Waals surface area contributed by atoms with Crippen molar-refractivity contribution in [3.8, 4) is 0 Å². The maximum absolute atomic E-state index is 5.73. The minimum atomic E-state index is -2.62. The summed E-state index contributed by atoms with van der Waals surface area (Å²) in [6, 6.07) is 16.4. The quantitative estimate of drug-likeness (QED) is 0.197. The molecule has 0 unspecified atom stereocenters. The number of benzene rings is 2. The van der Waals surface area contributed by atoms with Crippen LogP contribution in [0.1, 0.15) is 13.8 Å². The first-order chi connectivity index (χ1) is 15.2. The molecule has 2 rings (SSSR count). The van der Waals surface area contributed by atoms with Crippen molar-refractivity contribution in [2.24, 2.45) is 0 Å². The van der Waals surface area contributed by atoms with Crippen molar-refractivity contribution in [3.05, 3.63) is 67.6 Å². The van der Waals surface area contributed by atoms with Gasteiger partial charge in [0.2, 0.25) is 0 Å². The molecule has 188 valence electrons. The standard InChI is InChI=1S/C9H14O3Si.C6H5Cl3Si.C5H11O.Bi.3ClH/c1-10-13(11-2,12-3)9-7-5-4-6-8-9;7-10(8,9)6-4-2-1-3-5-6;1-5(2,3)6-4;;;;/h4-8H,1-3H3;1-5H;1H2,2-4H3;;3*1H/q;;+1;+3;;;/p-3. The fraction of sp³-hybridized carbons (Fsp3) is 0.350. The van der Waals surface area contributed by atoms with E-state index in [1.165, 1.54) is 0 Å². The second kappa shape index (κ2) is 19.3. The van der Waals surface area contributed by atoms with Gasteiger partial charge < -0.3 is 18.0 Å². The van der Waals surface area contributed by atoms with Crippen LogP contribution in [0.5, 0.6) is 0 Å². The van der Waals surface area contributed by atoms with E-state index in [-0.39, 0.29) is 5.60 Å². The summed E-state index contributed by atoms with van der Waals surface area (Å²) < 4.78 is 20.8.